The van der Waals surface area contributed by atoms with Crippen molar-refractivity contribution in [3.63, 3.8) is 0 Å². The van der Waals surface area contributed by atoms with Gasteiger partial charge in [-0.1, -0.05) is 259 Å². The van der Waals surface area contributed by atoms with Crippen molar-refractivity contribution in [3.05, 3.63) is 248 Å². The SMILES string of the molecule is [2H]C(C)(C)c1cc(C([2H])(C)C([2H])([2H])[2H])c(-c2csc3cc4c(cc23)N(c2ccc(C(C)(C)C)cc2)c2cc(-n3c5c(c6ccccc63)C(C)(C)c3ccccc3-5)cc3c2B4c2cc4c(-c5c(C([2H])(C)C([2H])([2H])[2H])cc(C([2H])(C)C([2H])([2H])[2H])cc5C([2H])(C([2H])([2H])[2H])C([2H])([2H])[2H])csc4cc2N3c2ccc(C(C)(C)C)cc2-c2ccccc2)c(C([2H])(C)C([2H])([2H])[2H])c1. The Balaban J connectivity index is 1.14. The topological polar surface area (TPSA) is 11.4 Å². The zero-order valence-electron chi connectivity index (χ0n) is 83.7. The molecule has 3 aliphatic rings. The Kier molecular flexibility index (Phi) is 10.7. The Morgan fingerprint density at radius 3 is 1.56 bits per heavy atom. The normalized spacial score (nSPS) is 20.9. The zero-order valence-corrected chi connectivity index (χ0v) is 61.3. The number of rotatable bonds is 12. The summed E-state index contributed by atoms with van der Waals surface area (Å²) in [6.45, 7) is 3.84. The van der Waals surface area contributed by atoms with Crippen LogP contribution in [0.4, 0.5) is 34.1 Å². The van der Waals surface area contributed by atoms with Gasteiger partial charge in [0.2, 0.25) is 0 Å². The zero-order chi connectivity index (χ0) is 91.5. The number of aromatic nitrogens is 1. The maximum Gasteiger partial charge on any atom is 0.252 e. The molecule has 508 valence electrons. The number of anilines is 6. The first-order valence-electron chi connectivity index (χ1n) is 46.7. The Morgan fingerprint density at radius 1 is 0.426 bits per heavy atom. The van der Waals surface area contributed by atoms with E-state index in [4.69, 9.17) is 16.4 Å². The smallest absolute Gasteiger partial charge is 0.252 e. The molecule has 0 radical (unpaired) electrons. The summed E-state index contributed by atoms with van der Waals surface area (Å²) in [4.78, 5) is 4.49. The highest BCUT2D eigenvalue weighted by Gasteiger charge is 2.47. The molecule has 0 bridgehead atoms. The Bertz CT molecular complexity index is 6520. The molecule has 16 rings (SSSR count). The van der Waals surface area contributed by atoms with Crippen molar-refractivity contribution in [2.45, 2.75) is 190 Å². The number of thiophene rings is 2. The van der Waals surface area contributed by atoms with Crippen LogP contribution in [0, 0.1) is 0 Å². The Morgan fingerprint density at radius 2 is 0.950 bits per heavy atom. The van der Waals surface area contributed by atoms with Gasteiger partial charge in [0.15, 0.2) is 0 Å². The summed E-state index contributed by atoms with van der Waals surface area (Å²) < 4.78 is 227. The molecule has 2 aliphatic heterocycles. The van der Waals surface area contributed by atoms with E-state index in [-0.39, 0.29) is 38.6 Å². The Labute approximate surface area is 643 Å². The van der Waals surface area contributed by atoms with E-state index in [1.807, 2.05) is 47.8 Å². The van der Waals surface area contributed by atoms with E-state index in [9.17, 15) is 16.4 Å². The van der Waals surface area contributed by atoms with Gasteiger partial charge >= 0.3 is 0 Å². The number of nitrogens with zero attached hydrogens (tertiary/aromatic N) is 3. The molecule has 0 N–H and O–H groups in total. The van der Waals surface area contributed by atoms with Crippen LogP contribution in [0.15, 0.2) is 193 Å². The third-order valence-electron chi connectivity index (χ3n) is 21.5. The summed E-state index contributed by atoms with van der Waals surface area (Å²) in [5.74, 6) is -15.8. The monoisotopic (exact) mass is 1380 g/mol. The standard InChI is InChI=1S/C95H98BN3S2/c1-53(2)60-40-68(55(5)6)88(69(41-60)56(7)8)75-51-101-87-50-83-78(47-73(75)87)96-79-49-86-74(76(52-100-86)89-70(57(9)10)42-61(54(3)4)43-71(89)58(11)12)48-82(79)97(64-37-34-62(35-38-64)93(13,14)15)84-45-65(98-80-33-27-25-31-67(80)90-92(98)66-30-24-26-32-77(66)95(90,19)20)46-85(91(84)96)99(83)81-39-36-63(94(16,17)18)44-72(81)59-28-22-21-23-29-59/h21-58H,1-20H3/i1D3,5D3,6D3,7D3,9D3,11D3,53D,54D,55D,56D,57D,58D. The number of benzene rings is 10. The van der Waals surface area contributed by atoms with E-state index in [0.717, 1.165) is 110 Å². The minimum atomic E-state index is -3.80. The second kappa shape index (κ2) is 24.2. The molecule has 101 heavy (non-hydrogen) atoms. The summed E-state index contributed by atoms with van der Waals surface area (Å²) in [5.41, 5.74) is 12.3. The molecule has 1 aliphatic carbocycles. The first-order valence-corrected chi connectivity index (χ1v) is 36.5. The molecule has 13 aromatic rings. The van der Waals surface area contributed by atoms with Gasteiger partial charge in [-0.2, -0.15) is 0 Å². The maximum absolute atomic E-state index is 10.2. The average Bonchev–Trinajstić information content (AvgIpc) is 1.66. The van der Waals surface area contributed by atoms with E-state index in [0.29, 0.717) is 59.7 Å². The minimum Gasteiger partial charge on any atom is -0.311 e. The lowest BCUT2D eigenvalue weighted by atomic mass is 9.33. The predicted molar refractivity (Wildman–Crippen MR) is 444 cm³/mol. The molecule has 0 fully saturated rings. The van der Waals surface area contributed by atoms with Gasteiger partial charge in [0.05, 0.1) is 22.6 Å². The summed E-state index contributed by atoms with van der Waals surface area (Å²) in [7, 11) is 0. The molecule has 0 spiro atoms. The van der Waals surface area contributed by atoms with E-state index < -0.39 is 116 Å². The van der Waals surface area contributed by atoms with Crippen LogP contribution < -0.4 is 26.2 Å². The van der Waals surface area contributed by atoms with E-state index in [1.54, 1.807) is 19.2 Å². The first-order chi connectivity index (χ1) is 57.4. The van der Waals surface area contributed by atoms with Crippen LogP contribution in [0.25, 0.3) is 81.4 Å². The lowest BCUT2D eigenvalue weighted by Crippen LogP contribution is -2.61. The van der Waals surface area contributed by atoms with Crippen LogP contribution >= 0.6 is 22.7 Å². The fraction of sp³-hybridized carbons (Fsp3) is 0.305. The maximum atomic E-state index is 10.2. The van der Waals surface area contributed by atoms with Crippen LogP contribution in [0.3, 0.4) is 0 Å². The van der Waals surface area contributed by atoms with Gasteiger partial charge in [-0.15, -0.1) is 22.7 Å². The average molecular weight is 1380 g/mol. The first kappa shape index (κ1) is 44.6. The summed E-state index contributed by atoms with van der Waals surface area (Å²) in [6.07, 6.45) is 0. The van der Waals surface area contributed by atoms with Crippen molar-refractivity contribution in [1.82, 2.24) is 4.57 Å². The Hall–Kier alpha value is -8.68. The molecule has 5 heterocycles. The fourth-order valence-electron chi connectivity index (χ4n) is 16.5. The van der Waals surface area contributed by atoms with Crippen molar-refractivity contribution >= 4 is 111 Å². The van der Waals surface area contributed by atoms with Gasteiger partial charge in [0, 0.05) is 109 Å². The van der Waals surface area contributed by atoms with Crippen molar-refractivity contribution in [2.24, 2.45) is 0 Å². The molecule has 0 saturated heterocycles. The molecule has 0 saturated carbocycles. The highest BCUT2D eigenvalue weighted by Crippen LogP contribution is 2.57. The molecule has 4 atom stereocenters. The molecule has 10 aromatic carbocycles. The van der Waals surface area contributed by atoms with Gasteiger partial charge in [-0.25, -0.2) is 0 Å². The van der Waals surface area contributed by atoms with Gasteiger partial charge in [-0.05, 0) is 212 Å². The van der Waals surface area contributed by atoms with E-state index >= 15 is 0 Å². The van der Waals surface area contributed by atoms with E-state index in [2.05, 4.69) is 185 Å². The highest BCUT2D eigenvalue weighted by atomic mass is 32.1. The van der Waals surface area contributed by atoms with Crippen LogP contribution in [0.2, 0.25) is 0 Å². The van der Waals surface area contributed by atoms with Crippen LogP contribution in [-0.4, -0.2) is 11.3 Å². The number of hydrogen-bond donors (Lipinski definition) is 0. The predicted octanol–water partition coefficient (Wildman–Crippen LogP) is 26.8. The lowest BCUT2D eigenvalue weighted by Gasteiger charge is -2.45. The molecule has 6 heteroatoms. The summed E-state index contributed by atoms with van der Waals surface area (Å²) >= 11 is 2.44. The van der Waals surface area contributed by atoms with Crippen molar-refractivity contribution in [3.8, 4) is 50.3 Å². The number of hydrogen-bond acceptors (Lipinski definition) is 4. The molecular formula is C95H98BN3S2. The fourth-order valence-corrected chi connectivity index (χ4v) is 18.4. The second-order valence-electron chi connectivity index (χ2n) is 30.8. The summed E-state index contributed by atoms with van der Waals surface area (Å²) in [6, 6.07) is 59.2. The van der Waals surface area contributed by atoms with Crippen LogP contribution in [0.1, 0.15) is 262 Å². The van der Waals surface area contributed by atoms with Gasteiger partial charge < -0.3 is 14.4 Å². The summed E-state index contributed by atoms with van der Waals surface area (Å²) in [5, 5.41) is 5.24. The minimum absolute atomic E-state index is 0.0139. The molecule has 0 amide bonds. The third-order valence-corrected chi connectivity index (χ3v) is 23.4. The van der Waals surface area contributed by atoms with Gasteiger partial charge in [0.25, 0.3) is 6.71 Å². The largest absolute Gasteiger partial charge is 0.311 e. The second-order valence-corrected chi connectivity index (χ2v) is 32.6. The lowest BCUT2D eigenvalue weighted by molar-refractivity contribution is 0.590. The number of para-hydroxylation sites is 1. The highest BCUT2D eigenvalue weighted by molar-refractivity contribution is 7.18. The van der Waals surface area contributed by atoms with Crippen molar-refractivity contribution in [2.75, 3.05) is 9.80 Å². The van der Waals surface area contributed by atoms with Crippen LogP contribution in [-0.2, 0) is 16.2 Å². The molecule has 4 unspecified atom stereocenters. The quantitative estimate of drug-likeness (QED) is 0.113. The van der Waals surface area contributed by atoms with Crippen molar-refractivity contribution in [1.29, 1.82) is 0 Å². The molecule has 3 nitrogen and oxygen atoms in total. The molecular weight excluding hydrogens is 1260 g/mol. The van der Waals surface area contributed by atoms with Crippen molar-refractivity contribution < 1.29 is 32.9 Å². The van der Waals surface area contributed by atoms with Crippen LogP contribution in [0.5, 0.6) is 0 Å². The van der Waals surface area contributed by atoms with E-state index in [1.165, 1.54) is 37.3 Å². The van der Waals surface area contributed by atoms with Gasteiger partial charge in [-0.3, -0.25) is 0 Å². The number of fused-ring (bicyclic) bond motifs is 11. The third kappa shape index (κ3) is 10.6. The molecule has 3 aromatic heterocycles. The van der Waals surface area contributed by atoms with Gasteiger partial charge in [0.1, 0.15) is 0 Å².